The summed E-state index contributed by atoms with van der Waals surface area (Å²) in [5.74, 6) is 1.11. The summed E-state index contributed by atoms with van der Waals surface area (Å²) >= 11 is 0. The van der Waals surface area contributed by atoms with Crippen molar-refractivity contribution in [2.75, 3.05) is 39.3 Å². The fraction of sp³-hybridized carbons (Fsp3) is 0.538. The number of non-ortho nitro benzene ring substituents is 1. The molecule has 3 heterocycles. The van der Waals surface area contributed by atoms with Crippen LogP contribution in [0, 0.1) is 10.1 Å². The highest BCUT2D eigenvalue weighted by Crippen LogP contribution is 2.45. The molecule has 2 aromatic rings. The van der Waals surface area contributed by atoms with Gasteiger partial charge in [0.25, 0.3) is 5.69 Å². The molecule has 170 valence electrons. The zero-order chi connectivity index (χ0) is 21.9. The highest BCUT2D eigenvalue weighted by Gasteiger charge is 2.37. The SMILES string of the molecule is O=[N+]([O-])c1cccc([C@@H]2CN3CCC[C@H]3c3cc(OCCCN4CCCCC4)ccc32)c1. The van der Waals surface area contributed by atoms with E-state index in [0.29, 0.717) is 6.04 Å². The summed E-state index contributed by atoms with van der Waals surface area (Å²) in [7, 11) is 0. The van der Waals surface area contributed by atoms with Gasteiger partial charge in [-0.15, -0.1) is 0 Å². The van der Waals surface area contributed by atoms with Gasteiger partial charge in [-0.25, -0.2) is 0 Å². The van der Waals surface area contributed by atoms with Crippen LogP contribution in [0.15, 0.2) is 42.5 Å². The van der Waals surface area contributed by atoms with E-state index >= 15 is 0 Å². The van der Waals surface area contributed by atoms with Crippen molar-refractivity contribution in [1.82, 2.24) is 9.80 Å². The number of ether oxygens (including phenoxy) is 1. The number of nitro benzene ring substituents is 1. The molecule has 6 nitrogen and oxygen atoms in total. The van der Waals surface area contributed by atoms with Gasteiger partial charge >= 0.3 is 0 Å². The second-order valence-corrected chi connectivity index (χ2v) is 9.45. The third-order valence-corrected chi connectivity index (χ3v) is 7.39. The summed E-state index contributed by atoms with van der Waals surface area (Å²) in [6, 6.07) is 14.1. The lowest BCUT2D eigenvalue weighted by Gasteiger charge is -2.37. The van der Waals surface area contributed by atoms with Gasteiger partial charge in [0, 0.05) is 37.2 Å². The minimum Gasteiger partial charge on any atom is -0.494 e. The highest BCUT2D eigenvalue weighted by molar-refractivity contribution is 5.48. The van der Waals surface area contributed by atoms with Crippen LogP contribution < -0.4 is 4.74 Å². The van der Waals surface area contributed by atoms with Gasteiger partial charge < -0.3 is 9.64 Å². The first-order chi connectivity index (χ1) is 15.7. The van der Waals surface area contributed by atoms with Gasteiger partial charge in [-0.3, -0.25) is 15.0 Å². The average molecular weight is 436 g/mol. The Morgan fingerprint density at radius 2 is 1.88 bits per heavy atom. The van der Waals surface area contributed by atoms with Gasteiger partial charge in [-0.1, -0.05) is 24.6 Å². The van der Waals surface area contributed by atoms with Gasteiger partial charge in [0.05, 0.1) is 11.5 Å². The van der Waals surface area contributed by atoms with Crippen LogP contribution in [0.5, 0.6) is 5.75 Å². The van der Waals surface area contributed by atoms with Crippen molar-refractivity contribution in [2.45, 2.75) is 50.5 Å². The molecule has 6 heteroatoms. The number of rotatable bonds is 7. The van der Waals surface area contributed by atoms with Gasteiger partial charge in [0.15, 0.2) is 0 Å². The Morgan fingerprint density at radius 3 is 2.72 bits per heavy atom. The maximum Gasteiger partial charge on any atom is 0.269 e. The van der Waals surface area contributed by atoms with Crippen LogP contribution in [0.3, 0.4) is 0 Å². The molecular formula is C26H33N3O3. The smallest absolute Gasteiger partial charge is 0.269 e. The van der Waals surface area contributed by atoms with Crippen LogP contribution in [0.2, 0.25) is 0 Å². The quantitative estimate of drug-likeness (QED) is 0.343. The Bertz CT molecular complexity index is 957. The predicted octanol–water partition coefficient (Wildman–Crippen LogP) is 5.13. The first-order valence-electron chi connectivity index (χ1n) is 12.2. The van der Waals surface area contributed by atoms with Crippen molar-refractivity contribution in [2.24, 2.45) is 0 Å². The Hall–Kier alpha value is -2.44. The van der Waals surface area contributed by atoms with Crippen LogP contribution in [-0.2, 0) is 0 Å². The molecule has 0 aliphatic carbocycles. The average Bonchev–Trinajstić information content (AvgIpc) is 3.31. The summed E-state index contributed by atoms with van der Waals surface area (Å²) < 4.78 is 6.17. The molecule has 2 aromatic carbocycles. The highest BCUT2D eigenvalue weighted by atomic mass is 16.6. The number of hydrogen-bond acceptors (Lipinski definition) is 5. The lowest BCUT2D eigenvalue weighted by Crippen LogP contribution is -2.34. The van der Waals surface area contributed by atoms with E-state index in [1.165, 1.54) is 56.3 Å². The minimum atomic E-state index is -0.299. The fourth-order valence-corrected chi connectivity index (χ4v) is 5.78. The van der Waals surface area contributed by atoms with Gasteiger partial charge in [0.2, 0.25) is 0 Å². The number of hydrogen-bond donors (Lipinski definition) is 0. The molecule has 0 spiro atoms. The fourth-order valence-electron chi connectivity index (χ4n) is 5.78. The van der Waals surface area contributed by atoms with Crippen molar-refractivity contribution in [3.63, 3.8) is 0 Å². The van der Waals surface area contributed by atoms with Crippen LogP contribution in [0.1, 0.15) is 67.2 Å². The number of likely N-dealkylation sites (tertiary alicyclic amines) is 1. The van der Waals surface area contributed by atoms with E-state index in [2.05, 4.69) is 28.0 Å². The number of fused-ring (bicyclic) bond motifs is 3. The monoisotopic (exact) mass is 435 g/mol. The van der Waals surface area contributed by atoms with E-state index in [1.807, 2.05) is 12.1 Å². The van der Waals surface area contributed by atoms with E-state index in [4.69, 9.17) is 4.74 Å². The maximum atomic E-state index is 11.3. The number of benzene rings is 2. The molecule has 0 amide bonds. The van der Waals surface area contributed by atoms with Crippen molar-refractivity contribution < 1.29 is 9.66 Å². The topological polar surface area (TPSA) is 58.9 Å². The molecule has 3 aliphatic rings. The molecule has 0 N–H and O–H groups in total. The summed E-state index contributed by atoms with van der Waals surface area (Å²) in [4.78, 5) is 16.1. The van der Waals surface area contributed by atoms with Crippen molar-refractivity contribution >= 4 is 5.69 Å². The van der Waals surface area contributed by atoms with Gasteiger partial charge in [0.1, 0.15) is 5.75 Å². The number of nitro groups is 1. The third kappa shape index (κ3) is 4.52. The molecule has 0 aromatic heterocycles. The molecule has 2 fully saturated rings. The molecular weight excluding hydrogens is 402 g/mol. The van der Waals surface area contributed by atoms with E-state index in [0.717, 1.165) is 44.0 Å². The van der Waals surface area contributed by atoms with Crippen molar-refractivity contribution in [3.05, 3.63) is 69.3 Å². The van der Waals surface area contributed by atoms with Crippen LogP contribution in [-0.4, -0.2) is 54.1 Å². The van der Waals surface area contributed by atoms with Crippen LogP contribution >= 0.6 is 0 Å². The maximum absolute atomic E-state index is 11.3. The van der Waals surface area contributed by atoms with Crippen LogP contribution in [0.4, 0.5) is 5.69 Å². The summed E-state index contributed by atoms with van der Waals surface area (Å²) in [6.07, 6.45) is 7.46. The van der Waals surface area contributed by atoms with E-state index in [1.54, 1.807) is 12.1 Å². The second kappa shape index (κ2) is 9.59. The molecule has 0 bridgehead atoms. The Labute approximate surface area is 190 Å². The normalized spacial score (nSPS) is 23.5. The molecule has 5 rings (SSSR count). The van der Waals surface area contributed by atoms with E-state index in [9.17, 15) is 10.1 Å². The van der Waals surface area contributed by atoms with Crippen molar-refractivity contribution in [1.29, 1.82) is 0 Å². The van der Waals surface area contributed by atoms with Crippen molar-refractivity contribution in [3.8, 4) is 5.75 Å². The third-order valence-electron chi connectivity index (χ3n) is 7.39. The largest absolute Gasteiger partial charge is 0.494 e. The number of nitrogens with zero attached hydrogens (tertiary/aromatic N) is 3. The predicted molar refractivity (Wildman–Crippen MR) is 125 cm³/mol. The standard InChI is InChI=1S/C26H33N3O3/c30-29(31)21-8-4-7-20(17-21)25-19-28-15-5-9-26(28)24-18-22(10-11-23(24)25)32-16-6-14-27-12-2-1-3-13-27/h4,7-8,10-11,17-18,25-26H,1-3,5-6,9,12-16,19H2/t25-,26-/m0/s1. The summed E-state index contributed by atoms with van der Waals surface area (Å²) in [6.45, 7) is 6.35. The molecule has 3 aliphatic heterocycles. The summed E-state index contributed by atoms with van der Waals surface area (Å²) in [5.41, 5.74) is 3.84. The lowest BCUT2D eigenvalue weighted by molar-refractivity contribution is -0.384. The molecule has 32 heavy (non-hydrogen) atoms. The van der Waals surface area contributed by atoms with Gasteiger partial charge in [-0.2, -0.15) is 0 Å². The molecule has 0 radical (unpaired) electrons. The zero-order valence-electron chi connectivity index (χ0n) is 18.7. The van der Waals surface area contributed by atoms with E-state index in [-0.39, 0.29) is 16.5 Å². The zero-order valence-corrected chi connectivity index (χ0v) is 18.7. The van der Waals surface area contributed by atoms with Crippen LogP contribution in [0.25, 0.3) is 0 Å². The lowest BCUT2D eigenvalue weighted by atomic mass is 9.81. The molecule has 0 saturated carbocycles. The first kappa shape index (κ1) is 21.4. The number of piperidine rings is 1. The molecule has 2 saturated heterocycles. The summed E-state index contributed by atoms with van der Waals surface area (Å²) in [5, 5.41) is 11.3. The first-order valence-corrected chi connectivity index (χ1v) is 12.2. The molecule has 0 unspecified atom stereocenters. The second-order valence-electron chi connectivity index (χ2n) is 9.45. The van der Waals surface area contributed by atoms with E-state index < -0.39 is 0 Å². The Balaban J connectivity index is 1.32. The van der Waals surface area contributed by atoms with Gasteiger partial charge in [-0.05, 0) is 80.6 Å². The minimum absolute atomic E-state index is 0.160. The Morgan fingerprint density at radius 1 is 1.00 bits per heavy atom. The Kier molecular flexibility index (Phi) is 6.42. The molecule has 2 atom stereocenters.